The van der Waals surface area contributed by atoms with Crippen LogP contribution in [0.3, 0.4) is 0 Å². The van der Waals surface area contributed by atoms with E-state index < -0.39 is 12.6 Å². The van der Waals surface area contributed by atoms with Crippen molar-refractivity contribution < 1.29 is 19.1 Å². The highest BCUT2D eigenvalue weighted by Gasteiger charge is 2.20. The molecule has 0 fully saturated rings. The van der Waals surface area contributed by atoms with Crippen molar-refractivity contribution in [2.24, 2.45) is 0 Å². The highest BCUT2D eigenvalue weighted by molar-refractivity contribution is 7.12. The average Bonchev–Trinajstić information content (AvgIpc) is 3.32. The summed E-state index contributed by atoms with van der Waals surface area (Å²) in [5.41, 5.74) is 2.82. The van der Waals surface area contributed by atoms with Gasteiger partial charge in [-0.25, -0.2) is 4.79 Å². The van der Waals surface area contributed by atoms with E-state index in [1.165, 1.54) is 23.0 Å². The Hall–Kier alpha value is -3.25. The minimum atomic E-state index is -0.695. The molecule has 5 nitrogen and oxygen atoms in total. The minimum absolute atomic E-state index is 0.152. The lowest BCUT2D eigenvalue weighted by Gasteiger charge is -2.10. The van der Waals surface area contributed by atoms with E-state index in [4.69, 9.17) is 4.74 Å². The average molecular weight is 436 g/mol. The fourth-order valence-corrected chi connectivity index (χ4v) is 3.75. The van der Waals surface area contributed by atoms with E-state index in [0.717, 1.165) is 5.56 Å². The molecule has 3 rings (SSSR count). The van der Waals surface area contributed by atoms with Gasteiger partial charge in [-0.3, -0.25) is 9.59 Å². The van der Waals surface area contributed by atoms with Crippen LogP contribution < -0.4 is 5.32 Å². The third-order valence-electron chi connectivity index (χ3n) is 4.85. The minimum Gasteiger partial charge on any atom is -0.452 e. The van der Waals surface area contributed by atoms with Gasteiger partial charge in [-0.2, -0.15) is 0 Å². The smallest absolute Gasteiger partial charge is 0.339 e. The van der Waals surface area contributed by atoms with Crippen LogP contribution in [-0.4, -0.2) is 30.8 Å². The molecule has 0 radical (unpaired) electrons. The number of hydrogen-bond acceptors (Lipinski definition) is 5. The van der Waals surface area contributed by atoms with Crippen molar-refractivity contribution in [1.82, 2.24) is 5.32 Å². The van der Waals surface area contributed by atoms with Gasteiger partial charge in [-0.05, 0) is 41.0 Å². The Morgan fingerprint density at radius 1 is 0.935 bits per heavy atom. The lowest BCUT2D eigenvalue weighted by atomic mass is 10.0. The van der Waals surface area contributed by atoms with Gasteiger partial charge in [0.15, 0.2) is 6.61 Å². The molecule has 1 heterocycles. The van der Waals surface area contributed by atoms with E-state index in [0.29, 0.717) is 23.8 Å². The van der Waals surface area contributed by atoms with Crippen LogP contribution in [0.2, 0.25) is 0 Å². The summed E-state index contributed by atoms with van der Waals surface area (Å²) in [7, 11) is 0. The lowest BCUT2D eigenvalue weighted by Crippen LogP contribution is -2.30. The number of thiophene rings is 1. The third-order valence-corrected chi connectivity index (χ3v) is 5.72. The van der Waals surface area contributed by atoms with Crippen LogP contribution in [-0.2, 0) is 16.0 Å². The summed E-state index contributed by atoms with van der Waals surface area (Å²) in [6.45, 7) is 4.34. The van der Waals surface area contributed by atoms with Crippen molar-refractivity contribution in [2.45, 2.75) is 26.2 Å². The monoisotopic (exact) mass is 435 g/mol. The molecule has 0 saturated carbocycles. The maximum Gasteiger partial charge on any atom is 0.339 e. The van der Waals surface area contributed by atoms with Crippen LogP contribution in [0.4, 0.5) is 0 Å². The molecule has 6 heteroatoms. The first-order chi connectivity index (χ1) is 15.0. The number of nitrogens with one attached hydrogen (secondary N) is 1. The normalized spacial score (nSPS) is 10.7. The van der Waals surface area contributed by atoms with Gasteiger partial charge in [0.25, 0.3) is 5.91 Å². The van der Waals surface area contributed by atoms with Crippen LogP contribution in [0.1, 0.15) is 56.5 Å². The largest absolute Gasteiger partial charge is 0.452 e. The number of amides is 1. The Kier molecular flexibility index (Phi) is 7.73. The van der Waals surface area contributed by atoms with E-state index in [1.54, 1.807) is 35.7 Å². The summed E-state index contributed by atoms with van der Waals surface area (Å²) in [6, 6.07) is 18.3. The number of hydrogen-bond donors (Lipinski definition) is 1. The third kappa shape index (κ3) is 6.12. The molecule has 0 aliphatic carbocycles. The molecule has 0 spiro atoms. The zero-order chi connectivity index (χ0) is 22.2. The number of rotatable bonds is 9. The van der Waals surface area contributed by atoms with Gasteiger partial charge in [-0.1, -0.05) is 62.4 Å². The lowest BCUT2D eigenvalue weighted by molar-refractivity contribution is -0.124. The van der Waals surface area contributed by atoms with Crippen LogP contribution in [0, 0.1) is 0 Å². The Balaban J connectivity index is 1.49. The fraction of sp³-hybridized carbons (Fsp3) is 0.240. The van der Waals surface area contributed by atoms with Crippen LogP contribution in [0.25, 0.3) is 0 Å². The maximum atomic E-state index is 12.6. The second kappa shape index (κ2) is 10.7. The molecule has 1 N–H and O–H groups in total. The van der Waals surface area contributed by atoms with Crippen molar-refractivity contribution in [3.8, 4) is 0 Å². The molecule has 0 aliphatic heterocycles. The highest BCUT2D eigenvalue weighted by atomic mass is 32.1. The molecule has 0 saturated heterocycles. The van der Waals surface area contributed by atoms with Gasteiger partial charge >= 0.3 is 5.97 Å². The first-order valence-corrected chi connectivity index (χ1v) is 11.0. The molecule has 2 aromatic carbocycles. The van der Waals surface area contributed by atoms with Gasteiger partial charge in [-0.15, -0.1) is 11.3 Å². The quantitative estimate of drug-likeness (QED) is 0.393. The maximum absolute atomic E-state index is 12.6. The van der Waals surface area contributed by atoms with Gasteiger partial charge in [0.1, 0.15) is 0 Å². The molecule has 0 aliphatic rings. The zero-order valence-corrected chi connectivity index (χ0v) is 18.4. The Morgan fingerprint density at radius 3 is 2.29 bits per heavy atom. The van der Waals surface area contributed by atoms with E-state index in [1.807, 2.05) is 0 Å². The molecule has 1 aromatic heterocycles. The highest BCUT2D eigenvalue weighted by Crippen LogP contribution is 2.19. The number of benzene rings is 2. The van der Waals surface area contributed by atoms with Crippen molar-refractivity contribution in [1.29, 1.82) is 0 Å². The molecule has 31 heavy (non-hydrogen) atoms. The van der Waals surface area contributed by atoms with E-state index in [-0.39, 0.29) is 22.8 Å². The Labute approximate surface area is 186 Å². The van der Waals surface area contributed by atoms with Crippen LogP contribution in [0.5, 0.6) is 0 Å². The summed E-state index contributed by atoms with van der Waals surface area (Å²) in [6.07, 6.45) is 0.691. The van der Waals surface area contributed by atoms with E-state index in [9.17, 15) is 14.4 Å². The first kappa shape index (κ1) is 22.4. The fourth-order valence-electron chi connectivity index (χ4n) is 3.07. The summed E-state index contributed by atoms with van der Waals surface area (Å²) >= 11 is 1.31. The van der Waals surface area contributed by atoms with Crippen LogP contribution in [0.15, 0.2) is 66.0 Å². The molecule has 3 aromatic rings. The standard InChI is InChI=1S/C25H25NO4S/c1-17(2)19-11-9-18(10-12-19)13-14-26-23(27)16-30-25(29)21-7-4-3-6-20(21)24(28)22-8-5-15-31-22/h3-12,15,17H,13-14,16H2,1-2H3,(H,26,27). The summed E-state index contributed by atoms with van der Waals surface area (Å²) in [5.74, 6) is -0.834. The Bertz CT molecular complexity index is 1040. The SMILES string of the molecule is CC(C)c1ccc(CCNC(=O)COC(=O)c2ccccc2C(=O)c2cccs2)cc1. The first-order valence-electron chi connectivity index (χ1n) is 10.2. The molecule has 1 amide bonds. The summed E-state index contributed by atoms with van der Waals surface area (Å²) in [5, 5.41) is 4.56. The summed E-state index contributed by atoms with van der Waals surface area (Å²) in [4.78, 5) is 37.7. The second-order valence-corrected chi connectivity index (χ2v) is 8.37. The van der Waals surface area contributed by atoms with Gasteiger partial charge in [0.2, 0.25) is 5.78 Å². The van der Waals surface area contributed by atoms with Crippen LogP contribution >= 0.6 is 11.3 Å². The van der Waals surface area contributed by atoms with Gasteiger partial charge < -0.3 is 10.1 Å². The predicted molar refractivity (Wildman–Crippen MR) is 122 cm³/mol. The van der Waals surface area contributed by atoms with Gasteiger partial charge in [0.05, 0.1) is 10.4 Å². The predicted octanol–water partition coefficient (Wildman–Crippen LogP) is 4.62. The second-order valence-electron chi connectivity index (χ2n) is 7.42. The Morgan fingerprint density at radius 2 is 1.65 bits per heavy atom. The topological polar surface area (TPSA) is 72.5 Å². The van der Waals surface area contributed by atoms with Crippen molar-refractivity contribution >= 4 is 29.0 Å². The number of carbonyl (C=O) groups excluding carboxylic acids is 3. The zero-order valence-electron chi connectivity index (χ0n) is 17.6. The van der Waals surface area contributed by atoms with E-state index in [2.05, 4.69) is 43.4 Å². The molecular formula is C25H25NO4S. The number of ether oxygens (including phenoxy) is 1. The summed E-state index contributed by atoms with van der Waals surface area (Å²) < 4.78 is 5.14. The van der Waals surface area contributed by atoms with Gasteiger partial charge in [0, 0.05) is 12.1 Å². The number of esters is 1. The molecule has 160 valence electrons. The van der Waals surface area contributed by atoms with Crippen molar-refractivity contribution in [3.05, 3.63) is 93.2 Å². The number of ketones is 1. The van der Waals surface area contributed by atoms with Crippen molar-refractivity contribution in [2.75, 3.05) is 13.2 Å². The molecular weight excluding hydrogens is 410 g/mol. The van der Waals surface area contributed by atoms with Crippen molar-refractivity contribution in [3.63, 3.8) is 0 Å². The number of carbonyl (C=O) groups is 3. The molecule has 0 unspecified atom stereocenters. The molecule has 0 bridgehead atoms. The molecule has 0 atom stereocenters. The van der Waals surface area contributed by atoms with E-state index >= 15 is 0 Å².